The van der Waals surface area contributed by atoms with Crippen molar-refractivity contribution in [1.82, 2.24) is 0 Å². The molecule has 0 N–H and O–H groups in total. The second-order valence-corrected chi connectivity index (χ2v) is 6.97. The number of sulfone groups is 1. The Morgan fingerprint density at radius 3 is 2.32 bits per heavy atom. The topological polar surface area (TPSA) is 43.4 Å². The molecule has 0 bridgehead atoms. The third-order valence-electron chi connectivity index (χ3n) is 3.02. The van der Waals surface area contributed by atoms with E-state index in [0.717, 1.165) is 17.7 Å². The lowest BCUT2D eigenvalue weighted by atomic mass is 10.2. The lowest BCUT2D eigenvalue weighted by Crippen LogP contribution is -2.11. The molecule has 0 amide bonds. The lowest BCUT2D eigenvalue weighted by Gasteiger charge is -2.09. The molecule has 0 aliphatic rings. The zero-order chi connectivity index (χ0) is 16.3. The molecule has 22 heavy (non-hydrogen) atoms. The van der Waals surface area contributed by atoms with E-state index in [1.165, 1.54) is 12.1 Å². The van der Waals surface area contributed by atoms with Crippen molar-refractivity contribution in [3.8, 4) is 5.75 Å². The highest BCUT2D eigenvalue weighted by atomic mass is 35.5. The Hall–Kier alpha value is -1.66. The van der Waals surface area contributed by atoms with E-state index in [2.05, 4.69) is 0 Å². The fourth-order valence-electron chi connectivity index (χ4n) is 1.75. The molecule has 0 heterocycles. The second-order valence-electron chi connectivity index (χ2n) is 4.65. The van der Waals surface area contributed by atoms with Gasteiger partial charge in [-0.3, -0.25) is 0 Å². The summed E-state index contributed by atoms with van der Waals surface area (Å²) in [5, 5.41) is 0.633. The summed E-state index contributed by atoms with van der Waals surface area (Å²) in [7, 11) is -4.56. The maximum atomic E-state index is 12.4. The molecule has 0 atom stereocenters. The zero-order valence-corrected chi connectivity index (χ0v) is 13.2. The summed E-state index contributed by atoms with van der Waals surface area (Å²) in [4.78, 5) is -0.409. The number of alkyl halides is 2. The van der Waals surface area contributed by atoms with Crippen LogP contribution in [0.2, 0.25) is 5.02 Å². The molecule has 0 aromatic heterocycles. The van der Waals surface area contributed by atoms with E-state index >= 15 is 0 Å². The van der Waals surface area contributed by atoms with Crippen LogP contribution in [0, 0.1) is 6.92 Å². The average Bonchev–Trinajstić information content (AvgIpc) is 2.49. The quantitative estimate of drug-likeness (QED) is 0.814. The Bertz CT molecular complexity index is 759. The van der Waals surface area contributed by atoms with Crippen molar-refractivity contribution >= 4 is 21.4 Å². The van der Waals surface area contributed by atoms with Gasteiger partial charge in [0.2, 0.25) is 9.84 Å². The standard InChI is InChI=1S/C15H13ClF2O3S/c1-10-8-12(4-7-14(10)16)21-9-11-2-5-13(6-3-11)22(19,20)15(17)18/h2-8,15H,9H2,1H3. The van der Waals surface area contributed by atoms with Gasteiger partial charge in [-0.25, -0.2) is 8.42 Å². The molecule has 0 saturated heterocycles. The summed E-state index contributed by atoms with van der Waals surface area (Å²) in [6.07, 6.45) is 0. The number of rotatable bonds is 5. The minimum Gasteiger partial charge on any atom is -0.489 e. The van der Waals surface area contributed by atoms with Crippen LogP contribution >= 0.6 is 11.6 Å². The summed E-state index contributed by atoms with van der Waals surface area (Å²) in [5.74, 6) is -2.81. The minimum atomic E-state index is -4.56. The van der Waals surface area contributed by atoms with Gasteiger partial charge in [0.25, 0.3) is 0 Å². The van der Waals surface area contributed by atoms with Gasteiger partial charge in [-0.05, 0) is 48.4 Å². The summed E-state index contributed by atoms with van der Waals surface area (Å²) in [6, 6.07) is 10.4. The van der Waals surface area contributed by atoms with E-state index in [1.807, 2.05) is 6.92 Å². The number of hydrogen-bond acceptors (Lipinski definition) is 3. The average molecular weight is 347 g/mol. The van der Waals surface area contributed by atoms with Gasteiger partial charge in [0.1, 0.15) is 12.4 Å². The van der Waals surface area contributed by atoms with Crippen LogP contribution in [0.25, 0.3) is 0 Å². The molecule has 7 heteroatoms. The van der Waals surface area contributed by atoms with E-state index in [4.69, 9.17) is 16.3 Å². The molecule has 0 unspecified atom stereocenters. The van der Waals surface area contributed by atoms with Crippen LogP contribution in [-0.4, -0.2) is 14.2 Å². The first-order valence-corrected chi connectivity index (χ1v) is 8.23. The third-order valence-corrected chi connectivity index (χ3v) is 4.84. The first-order valence-electron chi connectivity index (χ1n) is 6.30. The number of ether oxygens (including phenoxy) is 1. The number of aryl methyl sites for hydroxylation is 1. The summed E-state index contributed by atoms with van der Waals surface area (Å²) in [5.41, 5.74) is 1.54. The van der Waals surface area contributed by atoms with Crippen LogP contribution in [0.3, 0.4) is 0 Å². The number of hydrogen-bond donors (Lipinski definition) is 0. The molecular formula is C15H13ClF2O3S. The van der Waals surface area contributed by atoms with Crippen LogP contribution < -0.4 is 4.74 Å². The molecule has 0 aliphatic heterocycles. The fraction of sp³-hybridized carbons (Fsp3) is 0.200. The van der Waals surface area contributed by atoms with Crippen molar-refractivity contribution in [3.05, 3.63) is 58.6 Å². The Morgan fingerprint density at radius 2 is 1.77 bits per heavy atom. The van der Waals surface area contributed by atoms with Crippen LogP contribution in [0.5, 0.6) is 5.75 Å². The molecule has 2 aromatic carbocycles. The second kappa shape index (κ2) is 6.62. The predicted octanol–water partition coefficient (Wildman–Crippen LogP) is 4.22. The molecule has 3 nitrogen and oxygen atoms in total. The number of benzene rings is 2. The van der Waals surface area contributed by atoms with Gasteiger partial charge >= 0.3 is 5.76 Å². The molecule has 0 fully saturated rings. The van der Waals surface area contributed by atoms with Crippen LogP contribution in [0.4, 0.5) is 8.78 Å². The van der Waals surface area contributed by atoms with Gasteiger partial charge in [0, 0.05) is 5.02 Å². The molecule has 0 radical (unpaired) electrons. The molecule has 0 saturated carbocycles. The minimum absolute atomic E-state index is 0.191. The van der Waals surface area contributed by atoms with Crippen LogP contribution in [0.15, 0.2) is 47.4 Å². The van der Waals surface area contributed by atoms with Gasteiger partial charge in [-0.15, -0.1) is 0 Å². The zero-order valence-electron chi connectivity index (χ0n) is 11.6. The molecular weight excluding hydrogens is 334 g/mol. The fourth-order valence-corrected chi connectivity index (χ4v) is 2.59. The molecule has 118 valence electrons. The highest BCUT2D eigenvalue weighted by Crippen LogP contribution is 2.22. The van der Waals surface area contributed by atoms with Gasteiger partial charge < -0.3 is 4.74 Å². The summed E-state index contributed by atoms with van der Waals surface area (Å²) < 4.78 is 53.0. The smallest absolute Gasteiger partial charge is 0.341 e. The maximum Gasteiger partial charge on any atom is 0.341 e. The Balaban J connectivity index is 2.07. The number of halogens is 3. The van der Waals surface area contributed by atoms with Crippen molar-refractivity contribution in [3.63, 3.8) is 0 Å². The van der Waals surface area contributed by atoms with E-state index in [9.17, 15) is 17.2 Å². The highest BCUT2D eigenvalue weighted by Gasteiger charge is 2.26. The van der Waals surface area contributed by atoms with Gasteiger partial charge in [0.15, 0.2) is 0 Å². The van der Waals surface area contributed by atoms with Gasteiger partial charge in [-0.2, -0.15) is 8.78 Å². The first kappa shape index (κ1) is 16.7. The molecule has 2 rings (SSSR count). The summed E-state index contributed by atoms with van der Waals surface area (Å²) in [6.45, 7) is 2.04. The normalized spacial score (nSPS) is 11.7. The van der Waals surface area contributed by atoms with E-state index in [1.54, 1.807) is 18.2 Å². The molecule has 0 spiro atoms. The van der Waals surface area contributed by atoms with Crippen molar-refractivity contribution < 1.29 is 21.9 Å². The lowest BCUT2D eigenvalue weighted by molar-refractivity contribution is 0.234. The van der Waals surface area contributed by atoms with Crippen molar-refractivity contribution in [2.24, 2.45) is 0 Å². The summed E-state index contributed by atoms with van der Waals surface area (Å²) >= 11 is 5.91. The van der Waals surface area contributed by atoms with E-state index < -0.39 is 20.5 Å². The van der Waals surface area contributed by atoms with Crippen LogP contribution in [-0.2, 0) is 16.4 Å². The SMILES string of the molecule is Cc1cc(OCc2ccc(S(=O)(=O)C(F)F)cc2)ccc1Cl. The first-order chi connectivity index (χ1) is 10.3. The Labute approximate surface area is 132 Å². The highest BCUT2D eigenvalue weighted by molar-refractivity contribution is 7.91. The van der Waals surface area contributed by atoms with Gasteiger partial charge in [0.05, 0.1) is 4.90 Å². The van der Waals surface area contributed by atoms with Crippen LogP contribution in [0.1, 0.15) is 11.1 Å². The maximum absolute atomic E-state index is 12.4. The largest absolute Gasteiger partial charge is 0.489 e. The van der Waals surface area contributed by atoms with Crippen molar-refractivity contribution in [2.75, 3.05) is 0 Å². The van der Waals surface area contributed by atoms with Crippen molar-refractivity contribution in [1.29, 1.82) is 0 Å². The third kappa shape index (κ3) is 3.75. The molecule has 2 aromatic rings. The monoisotopic (exact) mass is 346 g/mol. The predicted molar refractivity (Wildman–Crippen MR) is 80.2 cm³/mol. The van der Waals surface area contributed by atoms with E-state index in [-0.39, 0.29) is 6.61 Å². The molecule has 0 aliphatic carbocycles. The van der Waals surface area contributed by atoms with Gasteiger partial charge in [-0.1, -0.05) is 23.7 Å². The van der Waals surface area contributed by atoms with Crippen molar-refractivity contribution in [2.45, 2.75) is 24.2 Å². The Morgan fingerprint density at radius 1 is 1.14 bits per heavy atom. The van der Waals surface area contributed by atoms with E-state index in [0.29, 0.717) is 16.3 Å². The Kier molecular flexibility index (Phi) is 5.03.